The SMILES string of the molecule is CCCCCCNC(=O)C(C)c1cccc(Br)c1. The highest BCUT2D eigenvalue weighted by Gasteiger charge is 2.14. The molecule has 0 aliphatic carbocycles. The van der Waals surface area contributed by atoms with Gasteiger partial charge in [-0.05, 0) is 31.0 Å². The molecule has 0 radical (unpaired) electrons. The third-order valence-electron chi connectivity index (χ3n) is 3.07. The Kier molecular flexibility index (Phi) is 7.02. The van der Waals surface area contributed by atoms with E-state index in [4.69, 9.17) is 0 Å². The van der Waals surface area contributed by atoms with Crippen molar-refractivity contribution in [1.29, 1.82) is 0 Å². The molecule has 0 saturated heterocycles. The standard InChI is InChI=1S/C15H22BrNO/c1-3-4-5-6-10-17-15(18)12(2)13-8-7-9-14(16)11-13/h7-9,11-12H,3-6,10H2,1-2H3,(H,17,18). The van der Waals surface area contributed by atoms with Crippen LogP contribution in [0.3, 0.4) is 0 Å². The number of halogens is 1. The molecule has 18 heavy (non-hydrogen) atoms. The minimum absolute atomic E-state index is 0.0892. The summed E-state index contributed by atoms with van der Waals surface area (Å²) in [5, 5.41) is 3.01. The summed E-state index contributed by atoms with van der Waals surface area (Å²) in [6.07, 6.45) is 4.74. The molecule has 100 valence electrons. The minimum Gasteiger partial charge on any atom is -0.356 e. The van der Waals surface area contributed by atoms with E-state index in [9.17, 15) is 4.79 Å². The number of hydrogen-bond donors (Lipinski definition) is 1. The molecule has 0 bridgehead atoms. The van der Waals surface area contributed by atoms with E-state index in [1.54, 1.807) is 0 Å². The fourth-order valence-electron chi connectivity index (χ4n) is 1.84. The van der Waals surface area contributed by atoms with E-state index in [0.717, 1.165) is 23.0 Å². The summed E-state index contributed by atoms with van der Waals surface area (Å²) < 4.78 is 1.02. The van der Waals surface area contributed by atoms with Crippen LogP contribution in [-0.4, -0.2) is 12.5 Å². The highest BCUT2D eigenvalue weighted by atomic mass is 79.9. The van der Waals surface area contributed by atoms with Gasteiger partial charge in [-0.3, -0.25) is 4.79 Å². The zero-order valence-corrected chi connectivity index (χ0v) is 12.8. The largest absolute Gasteiger partial charge is 0.356 e. The van der Waals surface area contributed by atoms with E-state index in [1.807, 2.05) is 31.2 Å². The number of unbranched alkanes of at least 4 members (excludes halogenated alkanes) is 3. The van der Waals surface area contributed by atoms with Gasteiger partial charge in [0.2, 0.25) is 5.91 Å². The van der Waals surface area contributed by atoms with Crippen LogP contribution in [-0.2, 0) is 4.79 Å². The number of hydrogen-bond acceptors (Lipinski definition) is 1. The van der Waals surface area contributed by atoms with Crippen molar-refractivity contribution in [2.45, 2.75) is 45.4 Å². The molecule has 1 aromatic carbocycles. The lowest BCUT2D eigenvalue weighted by molar-refractivity contribution is -0.122. The average molecular weight is 312 g/mol. The van der Waals surface area contributed by atoms with Gasteiger partial charge in [0.05, 0.1) is 5.92 Å². The second-order valence-corrected chi connectivity index (χ2v) is 5.54. The predicted octanol–water partition coefficient (Wildman–Crippen LogP) is 4.25. The van der Waals surface area contributed by atoms with Crippen LogP contribution in [0, 0.1) is 0 Å². The molecule has 2 nitrogen and oxygen atoms in total. The summed E-state index contributed by atoms with van der Waals surface area (Å²) in [7, 11) is 0. The molecule has 1 N–H and O–H groups in total. The summed E-state index contributed by atoms with van der Waals surface area (Å²) in [6, 6.07) is 7.93. The van der Waals surface area contributed by atoms with Gasteiger partial charge in [-0.15, -0.1) is 0 Å². The molecular formula is C15H22BrNO. The number of amides is 1. The van der Waals surface area contributed by atoms with Crippen LogP contribution >= 0.6 is 15.9 Å². The Morgan fingerprint density at radius 1 is 1.33 bits per heavy atom. The Morgan fingerprint density at radius 2 is 2.11 bits per heavy atom. The first kappa shape index (κ1) is 15.2. The molecular weight excluding hydrogens is 290 g/mol. The number of carbonyl (C=O) groups is 1. The van der Waals surface area contributed by atoms with E-state index >= 15 is 0 Å². The van der Waals surface area contributed by atoms with Crippen LogP contribution in [0.15, 0.2) is 28.7 Å². The molecule has 0 saturated carbocycles. The van der Waals surface area contributed by atoms with Crippen LogP contribution < -0.4 is 5.32 Å². The maximum Gasteiger partial charge on any atom is 0.227 e. The second-order valence-electron chi connectivity index (χ2n) is 4.63. The number of rotatable bonds is 7. The first-order valence-electron chi connectivity index (χ1n) is 6.68. The molecule has 0 heterocycles. The lowest BCUT2D eigenvalue weighted by Gasteiger charge is -2.12. The van der Waals surface area contributed by atoms with Crippen molar-refractivity contribution in [2.75, 3.05) is 6.54 Å². The molecule has 0 aromatic heterocycles. The van der Waals surface area contributed by atoms with Gasteiger partial charge >= 0.3 is 0 Å². The van der Waals surface area contributed by atoms with Gasteiger partial charge in [0, 0.05) is 11.0 Å². The third kappa shape index (κ3) is 5.21. The summed E-state index contributed by atoms with van der Waals surface area (Å²) >= 11 is 3.43. The lowest BCUT2D eigenvalue weighted by Crippen LogP contribution is -2.28. The van der Waals surface area contributed by atoms with E-state index in [2.05, 4.69) is 28.2 Å². The van der Waals surface area contributed by atoms with Gasteiger partial charge in [0.25, 0.3) is 0 Å². The van der Waals surface area contributed by atoms with Crippen molar-refractivity contribution in [3.63, 3.8) is 0 Å². The Morgan fingerprint density at radius 3 is 2.78 bits per heavy atom. The van der Waals surface area contributed by atoms with Crippen molar-refractivity contribution in [3.8, 4) is 0 Å². The molecule has 0 fully saturated rings. The molecule has 1 atom stereocenters. The molecule has 1 rings (SSSR count). The lowest BCUT2D eigenvalue weighted by atomic mass is 10.0. The molecule has 1 aromatic rings. The van der Waals surface area contributed by atoms with Gasteiger partial charge in [-0.2, -0.15) is 0 Å². The highest BCUT2D eigenvalue weighted by Crippen LogP contribution is 2.19. The van der Waals surface area contributed by atoms with Crippen molar-refractivity contribution in [3.05, 3.63) is 34.3 Å². The van der Waals surface area contributed by atoms with Crippen molar-refractivity contribution >= 4 is 21.8 Å². The van der Waals surface area contributed by atoms with Crippen molar-refractivity contribution in [1.82, 2.24) is 5.32 Å². The van der Waals surface area contributed by atoms with Gasteiger partial charge in [0.1, 0.15) is 0 Å². The van der Waals surface area contributed by atoms with E-state index < -0.39 is 0 Å². The molecule has 1 amide bonds. The van der Waals surface area contributed by atoms with Crippen LogP contribution in [0.25, 0.3) is 0 Å². The van der Waals surface area contributed by atoms with Crippen LogP contribution in [0.2, 0.25) is 0 Å². The molecule has 0 aliphatic rings. The summed E-state index contributed by atoms with van der Waals surface area (Å²) in [5.74, 6) is 0.0262. The van der Waals surface area contributed by atoms with Gasteiger partial charge in [-0.1, -0.05) is 54.2 Å². The number of benzene rings is 1. The zero-order valence-electron chi connectivity index (χ0n) is 11.2. The maximum atomic E-state index is 12.0. The van der Waals surface area contributed by atoms with Crippen molar-refractivity contribution < 1.29 is 4.79 Å². The Hall–Kier alpha value is -0.830. The van der Waals surface area contributed by atoms with Gasteiger partial charge < -0.3 is 5.32 Å². The number of nitrogens with one attached hydrogen (secondary N) is 1. The fraction of sp³-hybridized carbons (Fsp3) is 0.533. The maximum absolute atomic E-state index is 12.0. The Balaban J connectivity index is 2.37. The molecule has 1 unspecified atom stereocenters. The van der Waals surface area contributed by atoms with Crippen molar-refractivity contribution in [2.24, 2.45) is 0 Å². The average Bonchev–Trinajstić information content (AvgIpc) is 2.37. The molecule has 0 spiro atoms. The van der Waals surface area contributed by atoms with E-state index in [-0.39, 0.29) is 11.8 Å². The van der Waals surface area contributed by atoms with Crippen LogP contribution in [0.5, 0.6) is 0 Å². The highest BCUT2D eigenvalue weighted by molar-refractivity contribution is 9.10. The normalized spacial score (nSPS) is 12.2. The summed E-state index contributed by atoms with van der Waals surface area (Å²) in [6.45, 7) is 4.92. The predicted molar refractivity (Wildman–Crippen MR) is 79.7 cm³/mol. The van der Waals surface area contributed by atoms with Gasteiger partial charge in [-0.25, -0.2) is 0 Å². The van der Waals surface area contributed by atoms with E-state index in [1.165, 1.54) is 19.3 Å². The fourth-order valence-corrected chi connectivity index (χ4v) is 2.26. The monoisotopic (exact) mass is 311 g/mol. The first-order chi connectivity index (χ1) is 8.65. The second kappa shape index (κ2) is 8.30. The first-order valence-corrected chi connectivity index (χ1v) is 7.47. The topological polar surface area (TPSA) is 29.1 Å². The Labute approximate surface area is 118 Å². The van der Waals surface area contributed by atoms with Crippen LogP contribution in [0.4, 0.5) is 0 Å². The summed E-state index contributed by atoms with van der Waals surface area (Å²) in [4.78, 5) is 12.0. The van der Waals surface area contributed by atoms with E-state index in [0.29, 0.717) is 0 Å². The molecule has 0 aliphatic heterocycles. The molecule has 3 heteroatoms. The summed E-state index contributed by atoms with van der Waals surface area (Å²) in [5.41, 5.74) is 1.05. The van der Waals surface area contributed by atoms with Crippen LogP contribution in [0.1, 0.15) is 51.0 Å². The number of carbonyl (C=O) groups excluding carboxylic acids is 1. The van der Waals surface area contributed by atoms with Gasteiger partial charge in [0.15, 0.2) is 0 Å². The third-order valence-corrected chi connectivity index (χ3v) is 3.56. The zero-order chi connectivity index (χ0) is 13.4. The quantitative estimate of drug-likeness (QED) is 0.749. The smallest absolute Gasteiger partial charge is 0.227 e. The minimum atomic E-state index is -0.0892. The Bertz CT molecular complexity index is 379.